The van der Waals surface area contributed by atoms with Gasteiger partial charge in [-0.3, -0.25) is 24.3 Å². The molecule has 0 radical (unpaired) electrons. The molecule has 4 heterocycles. The van der Waals surface area contributed by atoms with Crippen LogP contribution in [-0.2, 0) is 14.4 Å². The number of nitrogens with two attached hydrogens (primary N) is 1. The quantitative estimate of drug-likeness (QED) is 0.262. The minimum absolute atomic E-state index is 0.0408. The molecule has 45 heavy (non-hydrogen) atoms. The predicted octanol–water partition coefficient (Wildman–Crippen LogP) is 2.87. The van der Waals surface area contributed by atoms with Crippen LogP contribution in [0.1, 0.15) is 44.6 Å². The normalized spacial score (nSPS) is 17.8. The molecule has 2 fully saturated rings. The van der Waals surface area contributed by atoms with Gasteiger partial charge in [-0.2, -0.15) is 5.26 Å². The summed E-state index contributed by atoms with van der Waals surface area (Å²) in [7, 11) is 0. The third-order valence-electron chi connectivity index (χ3n) is 8.26. The van der Waals surface area contributed by atoms with Crippen molar-refractivity contribution >= 4 is 46.6 Å². The van der Waals surface area contributed by atoms with Gasteiger partial charge in [-0.05, 0) is 50.4 Å². The van der Waals surface area contributed by atoms with Crippen molar-refractivity contribution in [3.8, 4) is 17.3 Å². The molecule has 12 nitrogen and oxygen atoms in total. The summed E-state index contributed by atoms with van der Waals surface area (Å²) in [6.07, 6.45) is 5.33. The van der Waals surface area contributed by atoms with Gasteiger partial charge in [0.1, 0.15) is 17.5 Å². The number of aromatic nitrogens is 2. The number of aliphatic imine (C=N–C) groups is 1. The first-order valence-corrected chi connectivity index (χ1v) is 16.4. The van der Waals surface area contributed by atoms with Gasteiger partial charge >= 0.3 is 0 Å². The van der Waals surface area contributed by atoms with Crippen molar-refractivity contribution < 1.29 is 14.4 Å². The Labute approximate surface area is 267 Å². The molecule has 2 amide bonds. The fourth-order valence-electron chi connectivity index (χ4n) is 5.77. The summed E-state index contributed by atoms with van der Waals surface area (Å²) in [5, 5.41) is 16.1. The van der Waals surface area contributed by atoms with Gasteiger partial charge in [-0.1, -0.05) is 30.0 Å². The fourth-order valence-corrected chi connectivity index (χ4v) is 6.58. The highest BCUT2D eigenvalue weighted by Crippen LogP contribution is 2.29. The van der Waals surface area contributed by atoms with Crippen LogP contribution in [0, 0.1) is 17.2 Å². The van der Waals surface area contributed by atoms with Crippen molar-refractivity contribution in [3.63, 3.8) is 0 Å². The summed E-state index contributed by atoms with van der Waals surface area (Å²) in [6, 6.07) is 8.98. The molecule has 3 aliphatic heterocycles. The number of hydrogen-bond acceptors (Lipinski definition) is 11. The Morgan fingerprint density at radius 1 is 1.13 bits per heavy atom. The molecule has 236 valence electrons. The van der Waals surface area contributed by atoms with E-state index >= 15 is 0 Å². The zero-order valence-electron chi connectivity index (χ0n) is 25.6. The second-order valence-corrected chi connectivity index (χ2v) is 12.5. The third kappa shape index (κ3) is 8.75. The molecule has 0 atom stereocenters. The second kappa shape index (κ2) is 15.2. The number of piperazine rings is 1. The number of benzene rings is 1. The Morgan fingerprint density at radius 2 is 1.87 bits per heavy atom. The van der Waals surface area contributed by atoms with Crippen LogP contribution in [0.5, 0.6) is 0 Å². The lowest BCUT2D eigenvalue weighted by atomic mass is 9.97. The average Bonchev–Trinajstić information content (AvgIpc) is 3.04. The number of amides is 2. The molecule has 0 unspecified atom stereocenters. The van der Waals surface area contributed by atoms with E-state index in [1.54, 1.807) is 30.3 Å². The number of Topliss-reactive ketones (excluding diaryl/α,β-unsaturated/α-hetero) is 1. The largest absolute Gasteiger partial charge is 0.382 e. The summed E-state index contributed by atoms with van der Waals surface area (Å²) in [4.78, 5) is 54.9. The minimum Gasteiger partial charge on any atom is -0.382 e. The predicted molar refractivity (Wildman–Crippen MR) is 175 cm³/mol. The summed E-state index contributed by atoms with van der Waals surface area (Å²) >= 11 is 1.22. The maximum absolute atomic E-state index is 13.0. The van der Waals surface area contributed by atoms with Crippen molar-refractivity contribution in [1.29, 1.82) is 5.26 Å². The van der Waals surface area contributed by atoms with Gasteiger partial charge in [0, 0.05) is 75.2 Å². The van der Waals surface area contributed by atoms with Gasteiger partial charge < -0.3 is 21.3 Å². The third-order valence-corrected chi connectivity index (χ3v) is 9.12. The number of rotatable bonds is 10. The highest BCUT2D eigenvalue weighted by atomic mass is 32.2. The summed E-state index contributed by atoms with van der Waals surface area (Å²) in [5.74, 6) is 0.871. The molecule has 0 bridgehead atoms. The van der Waals surface area contributed by atoms with Gasteiger partial charge in [-0.25, -0.2) is 9.97 Å². The monoisotopic (exact) mass is 629 g/mol. The van der Waals surface area contributed by atoms with E-state index in [4.69, 9.17) is 5.73 Å². The Kier molecular flexibility index (Phi) is 10.9. The Bertz CT molecular complexity index is 1520. The first kappa shape index (κ1) is 32.3. The number of piperidine rings is 1. The van der Waals surface area contributed by atoms with Crippen LogP contribution >= 0.6 is 11.8 Å². The molecule has 3 aliphatic rings. The molecule has 0 saturated carbocycles. The molecular weight excluding hydrogens is 590 g/mol. The van der Waals surface area contributed by atoms with Crippen molar-refractivity contribution in [2.24, 2.45) is 10.9 Å². The van der Waals surface area contributed by atoms with E-state index in [2.05, 4.69) is 36.6 Å². The summed E-state index contributed by atoms with van der Waals surface area (Å²) in [6.45, 7) is 8.08. The zero-order chi connectivity index (χ0) is 31.8. The minimum atomic E-state index is -0.188. The van der Waals surface area contributed by atoms with Gasteiger partial charge in [0.25, 0.3) is 0 Å². The molecule has 5 rings (SSSR count). The number of nitrogens with one attached hydrogen (secondary N) is 2. The highest BCUT2D eigenvalue weighted by Gasteiger charge is 2.25. The SMILES string of the molecule is CC(=O)Nc1ccc(-c2nc(SCC3=NC(CCC(=O)N4CCN(CC5CCNCC5)CC4)=CCC3=O)nc(N)c2C#N)cc1. The number of nitriles is 1. The standard InChI is InChI=1S/C32H39N9O3S/c1-21(42)36-24-4-2-23(3-5-24)30-26(18-33)31(34)39-32(38-30)45-20-27-28(43)8-6-25(37-27)7-9-29(44)41-16-14-40(15-17-41)19-22-10-12-35-13-11-22/h2-6,22,35H,7-17,19-20H2,1H3,(H,36,42)(H2,34,38,39). The molecule has 0 aliphatic carbocycles. The second-order valence-electron chi connectivity index (χ2n) is 11.5. The molecule has 0 spiro atoms. The average molecular weight is 630 g/mol. The number of nitrogen functional groups attached to an aromatic ring is 1. The number of carbonyl (C=O) groups excluding carboxylic acids is 3. The number of hydrogen-bond donors (Lipinski definition) is 3. The number of carbonyl (C=O) groups is 3. The molecule has 13 heteroatoms. The number of thioether (sulfide) groups is 1. The van der Waals surface area contributed by atoms with E-state index in [-0.39, 0.29) is 41.2 Å². The van der Waals surface area contributed by atoms with E-state index < -0.39 is 0 Å². The van der Waals surface area contributed by atoms with Gasteiger partial charge in [0.15, 0.2) is 10.9 Å². The number of anilines is 2. The molecule has 1 aromatic carbocycles. The summed E-state index contributed by atoms with van der Waals surface area (Å²) < 4.78 is 0. The smallest absolute Gasteiger partial charge is 0.223 e. The topological polar surface area (TPSA) is 170 Å². The van der Waals surface area contributed by atoms with Gasteiger partial charge in [0.2, 0.25) is 11.8 Å². The number of nitrogens with zero attached hydrogens (tertiary/aromatic N) is 6. The van der Waals surface area contributed by atoms with Crippen molar-refractivity contribution in [2.45, 2.75) is 44.2 Å². The molecule has 2 saturated heterocycles. The van der Waals surface area contributed by atoms with Crippen LogP contribution in [0.3, 0.4) is 0 Å². The maximum atomic E-state index is 13.0. The number of allylic oxidation sites excluding steroid dienone is 2. The van der Waals surface area contributed by atoms with Crippen molar-refractivity contribution in [2.75, 3.05) is 62.6 Å². The lowest BCUT2D eigenvalue weighted by molar-refractivity contribution is -0.133. The summed E-state index contributed by atoms with van der Waals surface area (Å²) in [5.41, 5.74) is 9.01. The van der Waals surface area contributed by atoms with Crippen molar-refractivity contribution in [3.05, 3.63) is 41.6 Å². The first-order valence-electron chi connectivity index (χ1n) is 15.4. The molecule has 2 aromatic rings. The molecule has 1 aromatic heterocycles. The Morgan fingerprint density at radius 3 is 2.56 bits per heavy atom. The van der Waals surface area contributed by atoms with Crippen LogP contribution in [-0.4, -0.2) is 94.6 Å². The van der Waals surface area contributed by atoms with Gasteiger partial charge in [-0.15, -0.1) is 0 Å². The lowest BCUT2D eigenvalue weighted by Crippen LogP contribution is -2.50. The maximum Gasteiger partial charge on any atom is 0.223 e. The van der Waals surface area contributed by atoms with E-state index in [1.165, 1.54) is 31.5 Å². The highest BCUT2D eigenvalue weighted by molar-refractivity contribution is 7.99. The van der Waals surface area contributed by atoms with E-state index in [0.717, 1.165) is 57.4 Å². The molecule has 4 N–H and O–H groups in total. The van der Waals surface area contributed by atoms with Crippen molar-refractivity contribution in [1.82, 2.24) is 25.1 Å². The Hall–Kier alpha value is -4.12. The molecular formula is C32H39N9O3S. The van der Waals surface area contributed by atoms with E-state index in [9.17, 15) is 19.6 Å². The van der Waals surface area contributed by atoms with Crippen LogP contribution in [0.25, 0.3) is 11.3 Å². The first-order chi connectivity index (χ1) is 21.8. The lowest BCUT2D eigenvalue weighted by Gasteiger charge is -2.37. The van der Waals surface area contributed by atoms with E-state index in [0.29, 0.717) is 40.7 Å². The van der Waals surface area contributed by atoms with Crippen LogP contribution in [0.2, 0.25) is 0 Å². The zero-order valence-corrected chi connectivity index (χ0v) is 26.4. The van der Waals surface area contributed by atoms with Crippen LogP contribution < -0.4 is 16.4 Å². The number of ketones is 1. The van der Waals surface area contributed by atoms with Crippen LogP contribution in [0.15, 0.2) is 46.2 Å². The van der Waals surface area contributed by atoms with Crippen LogP contribution in [0.4, 0.5) is 11.5 Å². The Balaban J connectivity index is 1.15. The fraction of sp³-hybridized carbons (Fsp3) is 0.469. The van der Waals surface area contributed by atoms with E-state index in [1.807, 2.05) is 4.90 Å². The van der Waals surface area contributed by atoms with Gasteiger partial charge in [0.05, 0.1) is 11.4 Å².